The Morgan fingerprint density at radius 3 is 2.15 bits per heavy atom. The van der Waals surface area contributed by atoms with Crippen LogP contribution in [0.1, 0.15) is 39.5 Å². The summed E-state index contributed by atoms with van der Waals surface area (Å²) in [5.41, 5.74) is 6.26. The topological polar surface area (TPSA) is 29.5 Å². The van der Waals surface area contributed by atoms with Crippen LogP contribution in [0.3, 0.4) is 0 Å². The summed E-state index contributed by atoms with van der Waals surface area (Å²) in [7, 11) is 1.67. The van der Waals surface area contributed by atoms with E-state index in [2.05, 4.69) is 18.2 Å². The van der Waals surface area contributed by atoms with Crippen LogP contribution in [-0.2, 0) is 0 Å². The standard InChI is InChI=1S/C18H22O2/c1-11-6-7-12(2)15(8-11)18(19)16-9-14(4)17(20-5)10-13(16)3/h6-10,18-19H,1-5H3. The van der Waals surface area contributed by atoms with E-state index in [9.17, 15) is 5.11 Å². The van der Waals surface area contributed by atoms with Gasteiger partial charge in [0.1, 0.15) is 11.9 Å². The van der Waals surface area contributed by atoms with Crippen molar-refractivity contribution in [2.75, 3.05) is 7.11 Å². The van der Waals surface area contributed by atoms with Crippen LogP contribution in [0.5, 0.6) is 5.75 Å². The van der Waals surface area contributed by atoms with Crippen molar-refractivity contribution in [3.05, 3.63) is 63.7 Å². The first-order chi connectivity index (χ1) is 9.43. The largest absolute Gasteiger partial charge is 0.496 e. The number of ether oxygens (including phenoxy) is 1. The van der Waals surface area contributed by atoms with Crippen molar-refractivity contribution in [3.8, 4) is 5.75 Å². The van der Waals surface area contributed by atoms with E-state index in [0.717, 1.165) is 39.1 Å². The second-order valence-electron chi connectivity index (χ2n) is 5.44. The summed E-state index contributed by atoms with van der Waals surface area (Å²) < 4.78 is 5.33. The average Bonchev–Trinajstić information content (AvgIpc) is 2.42. The molecule has 0 heterocycles. The quantitative estimate of drug-likeness (QED) is 0.913. The van der Waals surface area contributed by atoms with Crippen LogP contribution in [0, 0.1) is 27.7 Å². The van der Waals surface area contributed by atoms with E-state index >= 15 is 0 Å². The molecule has 106 valence electrons. The van der Waals surface area contributed by atoms with Crippen LogP contribution in [-0.4, -0.2) is 12.2 Å². The summed E-state index contributed by atoms with van der Waals surface area (Å²) in [4.78, 5) is 0. The number of aryl methyl sites for hydroxylation is 4. The molecule has 2 aromatic carbocycles. The molecule has 0 aromatic heterocycles. The lowest BCUT2D eigenvalue weighted by Crippen LogP contribution is -2.05. The van der Waals surface area contributed by atoms with Crippen molar-refractivity contribution in [3.63, 3.8) is 0 Å². The normalized spacial score (nSPS) is 12.3. The minimum absolute atomic E-state index is 0.598. The molecule has 2 nitrogen and oxygen atoms in total. The molecule has 0 bridgehead atoms. The minimum Gasteiger partial charge on any atom is -0.496 e. The zero-order valence-corrected chi connectivity index (χ0v) is 12.8. The van der Waals surface area contributed by atoms with Gasteiger partial charge < -0.3 is 9.84 Å². The van der Waals surface area contributed by atoms with Gasteiger partial charge in [0, 0.05) is 0 Å². The van der Waals surface area contributed by atoms with Crippen LogP contribution in [0.25, 0.3) is 0 Å². The molecule has 0 aliphatic rings. The lowest BCUT2D eigenvalue weighted by atomic mass is 9.92. The lowest BCUT2D eigenvalue weighted by Gasteiger charge is -2.19. The van der Waals surface area contributed by atoms with Crippen molar-refractivity contribution >= 4 is 0 Å². The Bertz CT molecular complexity index is 630. The van der Waals surface area contributed by atoms with E-state index in [0.29, 0.717) is 0 Å². The molecule has 20 heavy (non-hydrogen) atoms. The molecule has 1 unspecified atom stereocenters. The van der Waals surface area contributed by atoms with E-state index in [4.69, 9.17) is 4.74 Å². The van der Waals surface area contributed by atoms with Crippen LogP contribution in [0.2, 0.25) is 0 Å². The summed E-state index contributed by atoms with van der Waals surface area (Å²) in [6.45, 7) is 8.08. The van der Waals surface area contributed by atoms with Crippen LogP contribution in [0.15, 0.2) is 30.3 Å². The predicted molar refractivity (Wildman–Crippen MR) is 82.4 cm³/mol. The van der Waals surface area contributed by atoms with Crippen molar-refractivity contribution < 1.29 is 9.84 Å². The number of aliphatic hydroxyl groups excluding tert-OH is 1. The molecule has 0 saturated heterocycles. The highest BCUT2D eigenvalue weighted by Gasteiger charge is 2.17. The van der Waals surface area contributed by atoms with E-state index in [1.54, 1.807) is 7.11 Å². The molecule has 2 heteroatoms. The Hall–Kier alpha value is -1.80. The Morgan fingerprint density at radius 2 is 1.50 bits per heavy atom. The number of aliphatic hydroxyl groups is 1. The van der Waals surface area contributed by atoms with Gasteiger partial charge in [0.25, 0.3) is 0 Å². The van der Waals surface area contributed by atoms with Crippen molar-refractivity contribution in [2.24, 2.45) is 0 Å². The Balaban J connectivity index is 2.50. The molecule has 1 N–H and O–H groups in total. The number of hydrogen-bond acceptors (Lipinski definition) is 2. The van der Waals surface area contributed by atoms with Gasteiger partial charge in [0.15, 0.2) is 0 Å². The SMILES string of the molecule is COc1cc(C)c(C(O)c2cc(C)ccc2C)cc1C. The van der Waals surface area contributed by atoms with Crippen LogP contribution in [0.4, 0.5) is 0 Å². The third kappa shape index (κ3) is 2.70. The number of methoxy groups -OCH3 is 1. The highest BCUT2D eigenvalue weighted by Crippen LogP contribution is 2.31. The van der Waals surface area contributed by atoms with Crippen LogP contribution < -0.4 is 4.74 Å². The molecular formula is C18H22O2. The van der Waals surface area contributed by atoms with E-state index < -0.39 is 6.10 Å². The zero-order chi connectivity index (χ0) is 14.9. The average molecular weight is 270 g/mol. The first-order valence-electron chi connectivity index (χ1n) is 6.84. The molecule has 1 atom stereocenters. The summed E-state index contributed by atoms with van der Waals surface area (Å²) >= 11 is 0. The summed E-state index contributed by atoms with van der Waals surface area (Å²) in [6.07, 6.45) is -0.598. The van der Waals surface area contributed by atoms with Gasteiger partial charge in [-0.25, -0.2) is 0 Å². The highest BCUT2D eigenvalue weighted by molar-refractivity contribution is 5.46. The number of hydrogen-bond donors (Lipinski definition) is 1. The summed E-state index contributed by atoms with van der Waals surface area (Å²) in [5, 5.41) is 10.7. The second-order valence-corrected chi connectivity index (χ2v) is 5.44. The lowest BCUT2D eigenvalue weighted by molar-refractivity contribution is 0.218. The third-order valence-corrected chi connectivity index (χ3v) is 3.81. The molecule has 2 aromatic rings. The fourth-order valence-electron chi connectivity index (χ4n) is 2.55. The maximum absolute atomic E-state index is 10.7. The molecule has 0 radical (unpaired) electrons. The minimum atomic E-state index is -0.598. The number of rotatable bonds is 3. The summed E-state index contributed by atoms with van der Waals surface area (Å²) in [5.74, 6) is 0.861. The Labute approximate surface area is 121 Å². The van der Waals surface area contributed by atoms with Gasteiger partial charge in [-0.3, -0.25) is 0 Å². The monoisotopic (exact) mass is 270 g/mol. The van der Waals surface area contributed by atoms with Gasteiger partial charge in [0.05, 0.1) is 7.11 Å². The fraction of sp³-hybridized carbons (Fsp3) is 0.333. The highest BCUT2D eigenvalue weighted by atomic mass is 16.5. The Kier molecular flexibility index (Phi) is 4.15. The maximum Gasteiger partial charge on any atom is 0.122 e. The first-order valence-corrected chi connectivity index (χ1v) is 6.84. The van der Waals surface area contributed by atoms with Gasteiger partial charge >= 0.3 is 0 Å². The molecule has 0 aliphatic heterocycles. The second kappa shape index (κ2) is 5.68. The molecule has 0 aliphatic carbocycles. The molecule has 0 fully saturated rings. The smallest absolute Gasteiger partial charge is 0.122 e. The maximum atomic E-state index is 10.7. The van der Waals surface area contributed by atoms with Gasteiger partial charge in [-0.2, -0.15) is 0 Å². The number of benzene rings is 2. The third-order valence-electron chi connectivity index (χ3n) is 3.81. The van der Waals surface area contributed by atoms with Crippen molar-refractivity contribution in [1.82, 2.24) is 0 Å². The first kappa shape index (κ1) is 14.6. The zero-order valence-electron chi connectivity index (χ0n) is 12.8. The molecular weight excluding hydrogens is 248 g/mol. The van der Waals surface area contributed by atoms with Gasteiger partial charge in [-0.1, -0.05) is 23.8 Å². The molecule has 0 saturated carbocycles. The van der Waals surface area contributed by atoms with Gasteiger partial charge in [-0.15, -0.1) is 0 Å². The van der Waals surface area contributed by atoms with E-state index in [1.165, 1.54) is 0 Å². The fourth-order valence-corrected chi connectivity index (χ4v) is 2.55. The van der Waals surface area contributed by atoms with E-state index in [1.807, 2.05) is 39.8 Å². The Morgan fingerprint density at radius 1 is 0.850 bits per heavy atom. The molecule has 2 rings (SSSR count). The van der Waals surface area contributed by atoms with Crippen molar-refractivity contribution in [2.45, 2.75) is 33.8 Å². The summed E-state index contributed by atoms with van der Waals surface area (Å²) in [6, 6.07) is 10.2. The van der Waals surface area contributed by atoms with Crippen LogP contribution >= 0.6 is 0 Å². The van der Waals surface area contributed by atoms with Crippen molar-refractivity contribution in [1.29, 1.82) is 0 Å². The molecule has 0 spiro atoms. The predicted octanol–water partition coefficient (Wildman–Crippen LogP) is 4.01. The van der Waals surface area contributed by atoms with Gasteiger partial charge in [-0.05, 0) is 67.6 Å². The molecule has 0 amide bonds. The van der Waals surface area contributed by atoms with E-state index in [-0.39, 0.29) is 0 Å². The van der Waals surface area contributed by atoms with Gasteiger partial charge in [0.2, 0.25) is 0 Å².